The summed E-state index contributed by atoms with van der Waals surface area (Å²) in [4.78, 5) is 28.8. The number of amides is 3. The zero-order chi connectivity index (χ0) is 17.0. The Labute approximate surface area is 157 Å². The monoisotopic (exact) mass is 372 g/mol. The van der Waals surface area contributed by atoms with E-state index in [4.69, 9.17) is 0 Å². The zero-order valence-electron chi connectivity index (χ0n) is 15.4. The molecule has 0 aromatic heterocycles. The Morgan fingerprint density at radius 3 is 2.20 bits per heavy atom. The highest BCUT2D eigenvalue weighted by molar-refractivity contribution is 5.85. The van der Waals surface area contributed by atoms with Gasteiger partial charge in [0.1, 0.15) is 0 Å². The van der Waals surface area contributed by atoms with Gasteiger partial charge in [-0.1, -0.05) is 6.92 Å². The van der Waals surface area contributed by atoms with Crippen LogP contribution in [0.2, 0.25) is 0 Å². The number of hydrogen-bond donors (Lipinski definition) is 2. The number of urea groups is 1. The lowest BCUT2D eigenvalue weighted by Crippen LogP contribution is -2.49. The van der Waals surface area contributed by atoms with Crippen molar-refractivity contribution >= 4 is 24.3 Å². The van der Waals surface area contributed by atoms with Crippen molar-refractivity contribution in [1.29, 1.82) is 0 Å². The summed E-state index contributed by atoms with van der Waals surface area (Å²) in [6.07, 6.45) is 6.08. The van der Waals surface area contributed by atoms with Crippen molar-refractivity contribution < 1.29 is 9.59 Å². The molecule has 0 radical (unpaired) electrons. The van der Waals surface area contributed by atoms with E-state index < -0.39 is 0 Å². The number of carbonyl (C=O) groups excluding carboxylic acids is 2. The molecule has 3 rings (SSSR count). The summed E-state index contributed by atoms with van der Waals surface area (Å²) in [6, 6.07) is 0.175. The van der Waals surface area contributed by atoms with Gasteiger partial charge in [-0.2, -0.15) is 0 Å². The van der Waals surface area contributed by atoms with Crippen LogP contribution in [0.5, 0.6) is 0 Å². The van der Waals surface area contributed by atoms with E-state index in [0.717, 1.165) is 71.2 Å². The SMILES string of the molecule is CC1(CNC(=O)C2CCN(C(=O)N3CCCC3)CC2)CCNCC1.Cl. The summed E-state index contributed by atoms with van der Waals surface area (Å²) in [5.74, 6) is 0.251. The third kappa shape index (κ3) is 5.23. The first-order valence-electron chi connectivity index (χ1n) is 9.60. The van der Waals surface area contributed by atoms with E-state index in [1.54, 1.807) is 0 Å². The molecule has 0 saturated carbocycles. The van der Waals surface area contributed by atoms with Crippen LogP contribution >= 0.6 is 12.4 Å². The fourth-order valence-electron chi connectivity index (χ4n) is 4.09. The summed E-state index contributed by atoms with van der Waals surface area (Å²) in [6.45, 7) is 8.36. The fraction of sp³-hybridized carbons (Fsp3) is 0.889. The number of nitrogens with one attached hydrogen (secondary N) is 2. The van der Waals surface area contributed by atoms with Gasteiger partial charge >= 0.3 is 6.03 Å². The smallest absolute Gasteiger partial charge is 0.319 e. The molecule has 25 heavy (non-hydrogen) atoms. The van der Waals surface area contributed by atoms with Crippen LogP contribution < -0.4 is 10.6 Å². The third-order valence-electron chi connectivity index (χ3n) is 6.01. The Morgan fingerprint density at radius 1 is 1.04 bits per heavy atom. The van der Waals surface area contributed by atoms with Crippen LogP contribution in [0.3, 0.4) is 0 Å². The van der Waals surface area contributed by atoms with Crippen molar-refractivity contribution in [3.05, 3.63) is 0 Å². The molecule has 3 amide bonds. The molecular formula is C18H33ClN4O2. The van der Waals surface area contributed by atoms with Crippen molar-refractivity contribution in [3.8, 4) is 0 Å². The van der Waals surface area contributed by atoms with Gasteiger partial charge in [0.2, 0.25) is 5.91 Å². The topological polar surface area (TPSA) is 64.7 Å². The standard InChI is InChI=1S/C18H32N4O2.ClH/c1-18(6-8-19-9-7-18)14-20-16(23)15-4-12-22(13-5-15)17(24)21-10-2-3-11-21;/h15,19H,2-14H2,1H3,(H,20,23);1H. The predicted octanol–water partition coefficient (Wildman–Crippen LogP) is 1.84. The maximum atomic E-state index is 12.5. The maximum Gasteiger partial charge on any atom is 0.319 e. The Balaban J connectivity index is 0.00000225. The highest BCUT2D eigenvalue weighted by Gasteiger charge is 2.32. The lowest BCUT2D eigenvalue weighted by atomic mass is 9.81. The average Bonchev–Trinajstić information content (AvgIpc) is 3.14. The van der Waals surface area contributed by atoms with Crippen LogP contribution in [-0.4, -0.2) is 67.6 Å². The zero-order valence-corrected chi connectivity index (χ0v) is 16.2. The second-order valence-electron chi connectivity index (χ2n) is 8.02. The van der Waals surface area contributed by atoms with E-state index in [1.165, 1.54) is 0 Å². The van der Waals surface area contributed by atoms with Crippen LogP contribution in [0.1, 0.15) is 45.4 Å². The minimum Gasteiger partial charge on any atom is -0.355 e. The average molecular weight is 373 g/mol. The number of nitrogens with zero attached hydrogens (tertiary/aromatic N) is 2. The van der Waals surface area contributed by atoms with Gasteiger partial charge in [0.25, 0.3) is 0 Å². The molecular weight excluding hydrogens is 340 g/mol. The van der Waals surface area contributed by atoms with E-state index in [2.05, 4.69) is 17.6 Å². The van der Waals surface area contributed by atoms with Crippen molar-refractivity contribution in [2.24, 2.45) is 11.3 Å². The van der Waals surface area contributed by atoms with Gasteiger partial charge in [-0.05, 0) is 57.0 Å². The molecule has 0 aromatic carbocycles. The number of piperidine rings is 2. The van der Waals surface area contributed by atoms with Gasteiger partial charge in [0.05, 0.1) is 0 Å². The molecule has 3 aliphatic heterocycles. The van der Waals surface area contributed by atoms with E-state index in [-0.39, 0.29) is 35.7 Å². The van der Waals surface area contributed by atoms with Gasteiger partial charge < -0.3 is 20.4 Å². The van der Waals surface area contributed by atoms with E-state index in [1.807, 2.05) is 9.80 Å². The lowest BCUT2D eigenvalue weighted by molar-refractivity contribution is -0.126. The van der Waals surface area contributed by atoms with E-state index in [0.29, 0.717) is 13.1 Å². The number of carbonyl (C=O) groups is 2. The molecule has 0 atom stereocenters. The summed E-state index contributed by atoms with van der Waals surface area (Å²) < 4.78 is 0. The normalized spacial score (nSPS) is 23.9. The second kappa shape index (κ2) is 9.08. The number of likely N-dealkylation sites (tertiary alicyclic amines) is 2. The molecule has 0 bridgehead atoms. The van der Waals surface area contributed by atoms with Crippen LogP contribution in [0, 0.1) is 11.3 Å². The molecule has 2 N–H and O–H groups in total. The Kier molecular flexibility index (Phi) is 7.37. The largest absolute Gasteiger partial charge is 0.355 e. The van der Waals surface area contributed by atoms with E-state index in [9.17, 15) is 9.59 Å². The number of rotatable bonds is 3. The van der Waals surface area contributed by atoms with Gasteiger partial charge in [0, 0.05) is 38.6 Å². The first kappa shape index (κ1) is 20.3. The fourth-order valence-corrected chi connectivity index (χ4v) is 4.09. The first-order chi connectivity index (χ1) is 11.6. The minimum absolute atomic E-state index is 0. The molecule has 0 spiro atoms. The molecule has 7 heteroatoms. The minimum atomic E-state index is 0. The van der Waals surface area contributed by atoms with Crippen LogP contribution in [0.25, 0.3) is 0 Å². The molecule has 6 nitrogen and oxygen atoms in total. The van der Waals surface area contributed by atoms with Crippen LogP contribution in [0.15, 0.2) is 0 Å². The number of hydrogen-bond acceptors (Lipinski definition) is 3. The molecule has 3 fully saturated rings. The van der Waals surface area contributed by atoms with Gasteiger partial charge in [-0.3, -0.25) is 4.79 Å². The molecule has 0 aliphatic carbocycles. The second-order valence-corrected chi connectivity index (χ2v) is 8.02. The highest BCUT2D eigenvalue weighted by atomic mass is 35.5. The molecule has 3 aliphatic rings. The first-order valence-corrected chi connectivity index (χ1v) is 9.60. The van der Waals surface area contributed by atoms with Crippen LogP contribution in [0.4, 0.5) is 4.79 Å². The van der Waals surface area contributed by atoms with Crippen molar-refractivity contribution in [1.82, 2.24) is 20.4 Å². The Bertz CT molecular complexity index is 454. The quantitative estimate of drug-likeness (QED) is 0.794. The van der Waals surface area contributed by atoms with Crippen molar-refractivity contribution in [2.45, 2.75) is 45.4 Å². The summed E-state index contributed by atoms with van der Waals surface area (Å²) in [7, 11) is 0. The van der Waals surface area contributed by atoms with Gasteiger partial charge in [0.15, 0.2) is 0 Å². The third-order valence-corrected chi connectivity index (χ3v) is 6.01. The lowest BCUT2D eigenvalue weighted by Gasteiger charge is -2.36. The van der Waals surface area contributed by atoms with Crippen LogP contribution in [-0.2, 0) is 4.79 Å². The van der Waals surface area contributed by atoms with Gasteiger partial charge in [-0.15, -0.1) is 12.4 Å². The van der Waals surface area contributed by atoms with E-state index >= 15 is 0 Å². The Morgan fingerprint density at radius 2 is 1.60 bits per heavy atom. The molecule has 0 unspecified atom stereocenters. The Hall–Kier alpha value is -1.01. The number of halogens is 1. The molecule has 3 saturated heterocycles. The molecule has 3 heterocycles. The maximum absolute atomic E-state index is 12.5. The van der Waals surface area contributed by atoms with Crippen molar-refractivity contribution in [3.63, 3.8) is 0 Å². The van der Waals surface area contributed by atoms with Crippen molar-refractivity contribution in [2.75, 3.05) is 45.8 Å². The summed E-state index contributed by atoms with van der Waals surface area (Å²) in [5, 5.41) is 6.56. The van der Waals surface area contributed by atoms with Gasteiger partial charge in [-0.25, -0.2) is 4.79 Å². The molecule has 0 aromatic rings. The molecule has 144 valence electrons. The summed E-state index contributed by atoms with van der Waals surface area (Å²) in [5.41, 5.74) is 0.229. The summed E-state index contributed by atoms with van der Waals surface area (Å²) >= 11 is 0. The highest BCUT2D eigenvalue weighted by Crippen LogP contribution is 2.27. The predicted molar refractivity (Wildman–Crippen MR) is 101 cm³/mol.